The Labute approximate surface area is 103 Å². The molecule has 1 aromatic heterocycles. The van der Waals surface area contributed by atoms with E-state index in [2.05, 4.69) is 9.97 Å². The lowest BCUT2D eigenvalue weighted by Gasteiger charge is -2.24. The van der Waals surface area contributed by atoms with Crippen LogP contribution in [-0.2, 0) is 0 Å². The number of aliphatic hydroxyl groups is 1. The predicted molar refractivity (Wildman–Crippen MR) is 70.2 cm³/mol. The molecule has 0 fully saturated rings. The molecule has 0 aliphatic heterocycles. The van der Waals surface area contributed by atoms with E-state index >= 15 is 0 Å². The Morgan fingerprint density at radius 2 is 2.00 bits per heavy atom. The Hall–Kier alpha value is -1.36. The van der Waals surface area contributed by atoms with Crippen LogP contribution in [0.5, 0.6) is 0 Å². The summed E-state index contributed by atoms with van der Waals surface area (Å²) in [4.78, 5) is 10.8. The molecule has 0 radical (unpaired) electrons. The summed E-state index contributed by atoms with van der Waals surface area (Å²) in [5.74, 6) is 2.34. The van der Waals surface area contributed by atoms with Crippen LogP contribution in [0.25, 0.3) is 0 Å². The normalized spacial score (nSPS) is 10.9. The molecule has 0 spiro atoms. The molecule has 0 saturated heterocycles. The Morgan fingerprint density at radius 1 is 1.35 bits per heavy atom. The van der Waals surface area contributed by atoms with Crippen molar-refractivity contribution in [2.24, 2.45) is 0 Å². The van der Waals surface area contributed by atoms with E-state index < -0.39 is 0 Å². The smallest absolute Gasteiger partial charge is 0.137 e. The fourth-order valence-electron chi connectivity index (χ4n) is 1.64. The molecule has 0 aliphatic carbocycles. The monoisotopic (exact) mass is 238 g/mol. The van der Waals surface area contributed by atoms with Crippen LogP contribution in [0.4, 0.5) is 11.6 Å². The highest BCUT2D eigenvalue weighted by molar-refractivity contribution is 5.56. The quantitative estimate of drug-likeness (QED) is 0.809. The molecule has 5 nitrogen and oxygen atoms in total. The molecule has 1 aromatic rings. The minimum absolute atomic E-state index is 0.105. The molecule has 17 heavy (non-hydrogen) atoms. The predicted octanol–water partition coefficient (Wildman–Crippen LogP) is 1.31. The molecule has 0 saturated carbocycles. The first kappa shape index (κ1) is 13.7. The summed E-state index contributed by atoms with van der Waals surface area (Å²) in [7, 11) is 0. The number of hydrogen-bond acceptors (Lipinski definition) is 5. The molecule has 0 aromatic carbocycles. The Bertz CT molecular complexity index is 379. The molecule has 1 heterocycles. The third-order valence-corrected chi connectivity index (χ3v) is 2.74. The van der Waals surface area contributed by atoms with Crippen molar-refractivity contribution < 1.29 is 5.11 Å². The maximum Gasteiger partial charge on any atom is 0.137 e. The fourth-order valence-corrected chi connectivity index (χ4v) is 1.64. The lowest BCUT2D eigenvalue weighted by molar-refractivity contribution is 0.302. The van der Waals surface area contributed by atoms with Crippen LogP contribution in [0.15, 0.2) is 0 Å². The summed E-state index contributed by atoms with van der Waals surface area (Å²) >= 11 is 0. The summed E-state index contributed by atoms with van der Waals surface area (Å²) in [5.41, 5.74) is 6.79. The Balaban J connectivity index is 3.20. The van der Waals surface area contributed by atoms with Gasteiger partial charge < -0.3 is 15.7 Å². The van der Waals surface area contributed by atoms with E-state index in [0.29, 0.717) is 12.4 Å². The van der Waals surface area contributed by atoms with Crippen LogP contribution in [0, 0.1) is 6.92 Å². The van der Waals surface area contributed by atoms with Crippen molar-refractivity contribution in [3.05, 3.63) is 11.4 Å². The third-order valence-electron chi connectivity index (χ3n) is 2.74. The van der Waals surface area contributed by atoms with Crippen LogP contribution < -0.4 is 10.6 Å². The SMILES string of the molecule is CCN(CCO)c1nc(C(C)C)nc(N)c1C. The van der Waals surface area contributed by atoms with Gasteiger partial charge in [0.15, 0.2) is 0 Å². The molecule has 0 unspecified atom stereocenters. The van der Waals surface area contributed by atoms with Gasteiger partial charge >= 0.3 is 0 Å². The van der Waals surface area contributed by atoms with Crippen molar-refractivity contribution in [2.45, 2.75) is 33.6 Å². The zero-order valence-corrected chi connectivity index (χ0v) is 11.1. The lowest BCUT2D eigenvalue weighted by atomic mass is 10.2. The van der Waals surface area contributed by atoms with E-state index in [4.69, 9.17) is 10.8 Å². The number of hydrogen-bond donors (Lipinski definition) is 2. The zero-order chi connectivity index (χ0) is 13.0. The molecule has 0 amide bonds. The summed E-state index contributed by atoms with van der Waals surface area (Å²) in [6, 6.07) is 0. The van der Waals surface area contributed by atoms with Gasteiger partial charge in [-0.15, -0.1) is 0 Å². The van der Waals surface area contributed by atoms with Gasteiger partial charge in [-0.1, -0.05) is 13.8 Å². The van der Waals surface area contributed by atoms with Crippen LogP contribution in [0.3, 0.4) is 0 Å². The molecular formula is C12H22N4O. The summed E-state index contributed by atoms with van der Waals surface area (Å²) in [6.45, 7) is 9.47. The maximum absolute atomic E-state index is 9.05. The van der Waals surface area contributed by atoms with Gasteiger partial charge in [0.25, 0.3) is 0 Å². The van der Waals surface area contributed by atoms with Crippen LogP contribution in [0.1, 0.15) is 38.1 Å². The van der Waals surface area contributed by atoms with Crippen molar-refractivity contribution >= 4 is 11.6 Å². The standard InChI is InChI=1S/C12H22N4O/c1-5-16(6-7-17)12-9(4)10(13)14-11(15-12)8(2)3/h8,17H,5-7H2,1-4H3,(H2,13,14,15). The number of likely N-dealkylation sites (N-methyl/N-ethyl adjacent to an activating group) is 1. The molecule has 3 N–H and O–H groups in total. The minimum Gasteiger partial charge on any atom is -0.395 e. The second-order valence-electron chi connectivity index (χ2n) is 4.37. The van der Waals surface area contributed by atoms with Gasteiger partial charge in [-0.2, -0.15) is 0 Å². The number of nitrogens with zero attached hydrogens (tertiary/aromatic N) is 3. The number of rotatable bonds is 5. The highest BCUT2D eigenvalue weighted by atomic mass is 16.3. The molecule has 0 bridgehead atoms. The van der Waals surface area contributed by atoms with Gasteiger partial charge in [-0.3, -0.25) is 0 Å². The second kappa shape index (κ2) is 5.82. The summed E-state index contributed by atoms with van der Waals surface area (Å²) in [5, 5.41) is 9.05. The number of nitrogens with two attached hydrogens (primary N) is 1. The topological polar surface area (TPSA) is 75.3 Å². The van der Waals surface area contributed by atoms with E-state index in [1.165, 1.54) is 0 Å². The van der Waals surface area contributed by atoms with Gasteiger partial charge in [-0.05, 0) is 13.8 Å². The van der Waals surface area contributed by atoms with Crippen molar-refractivity contribution in [2.75, 3.05) is 30.3 Å². The van der Waals surface area contributed by atoms with Crippen LogP contribution in [-0.4, -0.2) is 34.8 Å². The largest absolute Gasteiger partial charge is 0.395 e. The highest BCUT2D eigenvalue weighted by Crippen LogP contribution is 2.23. The van der Waals surface area contributed by atoms with Crippen LogP contribution in [0.2, 0.25) is 0 Å². The van der Waals surface area contributed by atoms with E-state index in [1.54, 1.807) is 0 Å². The van der Waals surface area contributed by atoms with Gasteiger partial charge in [0, 0.05) is 24.6 Å². The van der Waals surface area contributed by atoms with Crippen molar-refractivity contribution in [1.82, 2.24) is 9.97 Å². The maximum atomic E-state index is 9.05. The molecule has 0 atom stereocenters. The average molecular weight is 238 g/mol. The minimum atomic E-state index is 0.105. The lowest BCUT2D eigenvalue weighted by Crippen LogP contribution is -2.29. The molecule has 5 heteroatoms. The molecule has 1 rings (SSSR count). The molecule has 0 aliphatic rings. The Kier molecular flexibility index (Phi) is 4.69. The van der Waals surface area contributed by atoms with Gasteiger partial charge in [0.2, 0.25) is 0 Å². The first-order chi connectivity index (χ1) is 8.01. The summed E-state index contributed by atoms with van der Waals surface area (Å²) in [6.07, 6.45) is 0. The highest BCUT2D eigenvalue weighted by Gasteiger charge is 2.15. The molecule has 96 valence electrons. The van der Waals surface area contributed by atoms with Gasteiger partial charge in [0.05, 0.1) is 6.61 Å². The second-order valence-corrected chi connectivity index (χ2v) is 4.37. The average Bonchev–Trinajstić information content (AvgIpc) is 2.29. The number of aromatic nitrogens is 2. The number of aliphatic hydroxyl groups excluding tert-OH is 1. The first-order valence-electron chi connectivity index (χ1n) is 6.01. The van der Waals surface area contributed by atoms with Gasteiger partial charge in [0.1, 0.15) is 17.5 Å². The first-order valence-corrected chi connectivity index (χ1v) is 6.01. The fraction of sp³-hybridized carbons (Fsp3) is 0.667. The van der Waals surface area contributed by atoms with Crippen molar-refractivity contribution in [3.8, 4) is 0 Å². The molecular weight excluding hydrogens is 216 g/mol. The van der Waals surface area contributed by atoms with E-state index in [1.807, 2.05) is 32.6 Å². The van der Waals surface area contributed by atoms with Crippen molar-refractivity contribution in [1.29, 1.82) is 0 Å². The number of nitrogen functional groups attached to an aromatic ring is 1. The Morgan fingerprint density at radius 3 is 2.47 bits per heavy atom. The third kappa shape index (κ3) is 3.06. The van der Waals surface area contributed by atoms with Crippen LogP contribution >= 0.6 is 0 Å². The summed E-state index contributed by atoms with van der Waals surface area (Å²) < 4.78 is 0. The van der Waals surface area contributed by atoms with Crippen molar-refractivity contribution in [3.63, 3.8) is 0 Å². The van der Waals surface area contributed by atoms with E-state index in [9.17, 15) is 0 Å². The van der Waals surface area contributed by atoms with E-state index in [0.717, 1.165) is 23.8 Å². The van der Waals surface area contributed by atoms with Gasteiger partial charge in [-0.25, -0.2) is 9.97 Å². The zero-order valence-electron chi connectivity index (χ0n) is 11.1. The van der Waals surface area contributed by atoms with E-state index in [-0.39, 0.29) is 12.5 Å². The number of anilines is 2.